The molecule has 2 aromatic heterocycles. The fourth-order valence-corrected chi connectivity index (χ4v) is 3.63. The normalized spacial score (nSPS) is 12.5. The Morgan fingerprint density at radius 3 is 2.63 bits per heavy atom. The Hall–Kier alpha value is -1.93. The molecule has 0 atom stereocenters. The minimum Gasteiger partial charge on any atom is -0.334 e. The van der Waals surface area contributed by atoms with Crippen LogP contribution in [0.3, 0.4) is 0 Å². The molecule has 3 aromatic rings. The molecule has 6 nitrogen and oxygen atoms in total. The van der Waals surface area contributed by atoms with Crippen molar-refractivity contribution < 1.29 is 4.79 Å². The summed E-state index contributed by atoms with van der Waals surface area (Å²) in [6, 6.07) is 7.75. The number of carbonyl (C=O) groups excluding carboxylic acids is 1. The third-order valence-electron chi connectivity index (χ3n) is 4.31. The average Bonchev–Trinajstić information content (AvgIpc) is 3.29. The van der Waals surface area contributed by atoms with Crippen LogP contribution < -0.4 is 11.1 Å². The van der Waals surface area contributed by atoms with Crippen LogP contribution in [0.15, 0.2) is 35.8 Å². The molecule has 3 N–H and O–H groups in total. The van der Waals surface area contributed by atoms with E-state index in [1.165, 1.54) is 24.2 Å². The summed E-state index contributed by atoms with van der Waals surface area (Å²) in [5.74, 6) is 0.944. The van der Waals surface area contributed by atoms with Gasteiger partial charge in [-0.2, -0.15) is 0 Å². The lowest BCUT2D eigenvalue weighted by Gasteiger charge is -2.11. The van der Waals surface area contributed by atoms with Gasteiger partial charge in [-0.25, -0.2) is 9.97 Å². The third-order valence-corrected chi connectivity index (χ3v) is 5.18. The number of nitrogens with two attached hydrogens (primary N) is 1. The van der Waals surface area contributed by atoms with E-state index in [-0.39, 0.29) is 30.7 Å². The summed E-state index contributed by atoms with van der Waals surface area (Å²) in [7, 11) is 0. The number of hydrogen-bond donors (Lipinski definition) is 2. The van der Waals surface area contributed by atoms with Crippen molar-refractivity contribution >= 4 is 47.7 Å². The number of fused-ring (bicyclic) bond motifs is 1. The molecule has 0 aliphatic carbocycles. The van der Waals surface area contributed by atoms with Crippen LogP contribution in [0.5, 0.6) is 0 Å². The van der Waals surface area contributed by atoms with Crippen molar-refractivity contribution in [3.05, 3.63) is 52.4 Å². The zero-order valence-electron chi connectivity index (χ0n) is 14.6. The highest BCUT2D eigenvalue weighted by molar-refractivity contribution is 7.09. The highest BCUT2D eigenvalue weighted by atomic mass is 35.5. The van der Waals surface area contributed by atoms with Crippen molar-refractivity contribution in [3.63, 3.8) is 0 Å². The molecule has 1 aromatic carbocycles. The van der Waals surface area contributed by atoms with Crippen LogP contribution in [-0.2, 0) is 19.5 Å². The highest BCUT2D eigenvalue weighted by Gasteiger charge is 2.14. The average molecular weight is 426 g/mol. The summed E-state index contributed by atoms with van der Waals surface area (Å²) in [4.78, 5) is 21.1. The van der Waals surface area contributed by atoms with Crippen molar-refractivity contribution in [1.29, 1.82) is 0 Å². The van der Waals surface area contributed by atoms with Crippen LogP contribution in [0.2, 0.25) is 0 Å². The van der Waals surface area contributed by atoms with Crippen molar-refractivity contribution in [3.8, 4) is 11.3 Å². The first-order valence-corrected chi connectivity index (χ1v) is 9.23. The number of thiazole rings is 1. The molecule has 3 heterocycles. The highest BCUT2D eigenvalue weighted by Crippen LogP contribution is 2.24. The molecule has 1 aliphatic rings. The monoisotopic (exact) mass is 425 g/mol. The fraction of sp³-hybridized carbons (Fsp3) is 0.278. The van der Waals surface area contributed by atoms with E-state index in [1.807, 2.05) is 24.3 Å². The Kier molecular flexibility index (Phi) is 7.38. The fourth-order valence-electron chi connectivity index (χ4n) is 2.98. The molecule has 0 spiro atoms. The summed E-state index contributed by atoms with van der Waals surface area (Å²) in [5, 5.41) is 5.34. The lowest BCUT2D eigenvalue weighted by Crippen LogP contribution is -2.12. The SMILES string of the molecule is Cl.Cl.NCc1nc(C(=O)Nc2ccc(-c3cn4c(n3)CCCC4)cc2)cs1. The summed E-state index contributed by atoms with van der Waals surface area (Å²) >= 11 is 1.39. The second kappa shape index (κ2) is 9.32. The van der Waals surface area contributed by atoms with Gasteiger partial charge in [-0.3, -0.25) is 4.79 Å². The van der Waals surface area contributed by atoms with Crippen molar-refractivity contribution in [1.82, 2.24) is 14.5 Å². The van der Waals surface area contributed by atoms with E-state index in [0.717, 1.165) is 40.7 Å². The molecule has 0 radical (unpaired) electrons. The predicted octanol–water partition coefficient (Wildman–Crippen LogP) is 3.90. The number of nitrogens with zero attached hydrogens (tertiary/aromatic N) is 3. The number of benzene rings is 1. The van der Waals surface area contributed by atoms with Crippen LogP contribution in [-0.4, -0.2) is 20.4 Å². The van der Waals surface area contributed by atoms with Crippen molar-refractivity contribution in [2.45, 2.75) is 32.4 Å². The standard InChI is InChI=1S/C18H19N5OS.2ClH/c19-9-17-22-15(11-25-17)18(24)20-13-6-4-12(5-7-13)14-10-23-8-2-1-3-16(23)21-14;;/h4-7,10-11H,1-3,8-9,19H2,(H,20,24);2*1H. The maximum Gasteiger partial charge on any atom is 0.275 e. The van der Waals surface area contributed by atoms with Crippen molar-refractivity contribution in [2.24, 2.45) is 5.73 Å². The van der Waals surface area contributed by atoms with Gasteiger partial charge in [-0.05, 0) is 25.0 Å². The summed E-state index contributed by atoms with van der Waals surface area (Å²) in [6.45, 7) is 1.40. The molecule has 0 saturated heterocycles. The van der Waals surface area contributed by atoms with Gasteiger partial charge in [0.1, 0.15) is 16.5 Å². The first kappa shape index (κ1) is 21.4. The van der Waals surface area contributed by atoms with Gasteiger partial charge in [-0.1, -0.05) is 12.1 Å². The number of anilines is 1. The molecular weight excluding hydrogens is 405 g/mol. The van der Waals surface area contributed by atoms with Gasteiger partial charge in [0.2, 0.25) is 0 Å². The number of halogens is 2. The van der Waals surface area contributed by atoms with Crippen LogP contribution >= 0.6 is 36.2 Å². The molecule has 27 heavy (non-hydrogen) atoms. The molecule has 0 bridgehead atoms. The Morgan fingerprint density at radius 1 is 1.19 bits per heavy atom. The number of amides is 1. The van der Waals surface area contributed by atoms with Gasteiger partial charge in [0.25, 0.3) is 5.91 Å². The van der Waals surface area contributed by atoms with E-state index >= 15 is 0 Å². The van der Waals surface area contributed by atoms with Crippen LogP contribution in [0.25, 0.3) is 11.3 Å². The van der Waals surface area contributed by atoms with Gasteiger partial charge in [0.05, 0.1) is 5.69 Å². The van der Waals surface area contributed by atoms with E-state index in [9.17, 15) is 4.79 Å². The van der Waals surface area contributed by atoms with Gasteiger partial charge in [0, 0.05) is 42.3 Å². The van der Waals surface area contributed by atoms with Gasteiger partial charge in [0.15, 0.2) is 0 Å². The summed E-state index contributed by atoms with van der Waals surface area (Å²) < 4.78 is 2.24. The van der Waals surface area contributed by atoms with E-state index < -0.39 is 0 Å². The lowest BCUT2D eigenvalue weighted by molar-refractivity contribution is 0.102. The Labute approximate surface area is 174 Å². The maximum atomic E-state index is 12.2. The topological polar surface area (TPSA) is 85.8 Å². The molecule has 1 amide bonds. The second-order valence-corrected chi connectivity index (χ2v) is 7.00. The molecule has 9 heteroatoms. The first-order valence-electron chi connectivity index (χ1n) is 8.35. The number of aryl methyl sites for hydroxylation is 2. The predicted molar refractivity (Wildman–Crippen MR) is 113 cm³/mol. The second-order valence-electron chi connectivity index (χ2n) is 6.05. The number of carbonyl (C=O) groups is 1. The number of hydrogen-bond acceptors (Lipinski definition) is 5. The third kappa shape index (κ3) is 4.68. The Morgan fingerprint density at radius 2 is 1.96 bits per heavy atom. The zero-order chi connectivity index (χ0) is 17.2. The largest absolute Gasteiger partial charge is 0.334 e. The summed E-state index contributed by atoms with van der Waals surface area (Å²) in [5.41, 5.74) is 8.71. The molecule has 0 unspecified atom stereocenters. The van der Waals surface area contributed by atoms with Gasteiger partial charge < -0.3 is 15.6 Å². The quantitative estimate of drug-likeness (QED) is 0.663. The summed E-state index contributed by atoms with van der Waals surface area (Å²) in [6.07, 6.45) is 5.60. The molecule has 144 valence electrons. The Bertz CT molecular complexity index is 883. The zero-order valence-corrected chi connectivity index (χ0v) is 17.0. The molecule has 0 saturated carbocycles. The Balaban J connectivity index is 0.00000131. The minimum absolute atomic E-state index is 0. The van der Waals surface area contributed by atoms with Crippen LogP contribution in [0, 0.1) is 0 Å². The molecular formula is C18H21Cl2N5OS. The van der Waals surface area contributed by atoms with E-state index in [4.69, 9.17) is 10.7 Å². The van der Waals surface area contributed by atoms with E-state index in [2.05, 4.69) is 21.1 Å². The first-order chi connectivity index (χ1) is 12.2. The van der Waals surface area contributed by atoms with Crippen molar-refractivity contribution in [2.75, 3.05) is 5.32 Å². The van der Waals surface area contributed by atoms with Gasteiger partial charge in [-0.15, -0.1) is 36.2 Å². The number of imidazole rings is 1. The molecule has 0 fully saturated rings. The maximum absolute atomic E-state index is 12.2. The van der Waals surface area contributed by atoms with E-state index in [0.29, 0.717) is 12.2 Å². The minimum atomic E-state index is -0.221. The lowest BCUT2D eigenvalue weighted by atomic mass is 10.1. The van der Waals surface area contributed by atoms with Gasteiger partial charge >= 0.3 is 0 Å². The molecule has 1 aliphatic heterocycles. The smallest absolute Gasteiger partial charge is 0.275 e. The van der Waals surface area contributed by atoms with Crippen LogP contribution in [0.4, 0.5) is 5.69 Å². The number of rotatable bonds is 4. The number of nitrogens with one attached hydrogen (secondary N) is 1. The van der Waals surface area contributed by atoms with Crippen LogP contribution in [0.1, 0.15) is 34.2 Å². The molecule has 4 rings (SSSR count). The number of aromatic nitrogens is 3. The van der Waals surface area contributed by atoms with E-state index in [1.54, 1.807) is 5.38 Å².